The fraction of sp³-hybridized carbons (Fsp3) is 0.600. The Hall–Kier alpha value is -0.860. The van der Waals surface area contributed by atoms with E-state index >= 15 is 0 Å². The number of nitrogens with zero attached hydrogens (tertiary/aromatic N) is 1. The fourth-order valence-corrected chi connectivity index (χ4v) is 2.92. The first kappa shape index (κ1) is 12.6. The summed E-state index contributed by atoms with van der Waals surface area (Å²) in [7, 11) is 0. The zero-order valence-electron chi connectivity index (χ0n) is 11.0. The molecule has 0 aliphatic carbocycles. The van der Waals surface area contributed by atoms with Crippen LogP contribution in [0, 0.1) is 5.92 Å². The Morgan fingerprint density at radius 3 is 2.59 bits per heavy atom. The molecule has 1 heterocycles. The zero-order chi connectivity index (χ0) is 12.3. The molecule has 2 heteroatoms. The molecule has 1 aliphatic rings. The first-order valence-corrected chi connectivity index (χ1v) is 6.71. The Labute approximate surface area is 105 Å². The van der Waals surface area contributed by atoms with E-state index in [2.05, 4.69) is 49.1 Å². The highest BCUT2D eigenvalue weighted by Crippen LogP contribution is 2.27. The van der Waals surface area contributed by atoms with Crippen LogP contribution < -0.4 is 5.73 Å². The normalized spacial score (nSPS) is 24.8. The fourth-order valence-electron chi connectivity index (χ4n) is 2.92. The zero-order valence-corrected chi connectivity index (χ0v) is 11.0. The summed E-state index contributed by atoms with van der Waals surface area (Å²) in [4.78, 5) is 2.57. The van der Waals surface area contributed by atoms with Gasteiger partial charge in [0.1, 0.15) is 0 Å². The Morgan fingerprint density at radius 2 is 2.06 bits per heavy atom. The van der Waals surface area contributed by atoms with Crippen molar-refractivity contribution in [3.05, 3.63) is 35.9 Å². The van der Waals surface area contributed by atoms with Crippen molar-refractivity contribution in [1.82, 2.24) is 4.90 Å². The third kappa shape index (κ3) is 2.88. The summed E-state index contributed by atoms with van der Waals surface area (Å²) in [6.45, 7) is 7.80. The van der Waals surface area contributed by atoms with Gasteiger partial charge in [-0.1, -0.05) is 44.2 Å². The van der Waals surface area contributed by atoms with Gasteiger partial charge in [-0.25, -0.2) is 0 Å². The lowest BCUT2D eigenvalue weighted by Crippen LogP contribution is -2.42. The van der Waals surface area contributed by atoms with E-state index in [1.165, 1.54) is 25.1 Å². The third-order valence-corrected chi connectivity index (χ3v) is 4.07. The van der Waals surface area contributed by atoms with Crippen LogP contribution in [0.25, 0.3) is 0 Å². The van der Waals surface area contributed by atoms with Gasteiger partial charge in [0.25, 0.3) is 0 Å². The minimum atomic E-state index is 0.488. The van der Waals surface area contributed by atoms with E-state index < -0.39 is 0 Å². The van der Waals surface area contributed by atoms with Crippen LogP contribution in [0.1, 0.15) is 31.7 Å². The first-order chi connectivity index (χ1) is 8.22. The smallest absolute Gasteiger partial charge is 0.0284 e. The SMILES string of the molecule is CC1CCN(C(CN)C(C)c2ccccc2)C1. The second kappa shape index (κ2) is 5.65. The molecule has 17 heavy (non-hydrogen) atoms. The molecule has 1 aromatic carbocycles. The highest BCUT2D eigenvalue weighted by molar-refractivity contribution is 5.20. The Kier molecular flexibility index (Phi) is 4.19. The summed E-state index contributed by atoms with van der Waals surface area (Å²) in [5.74, 6) is 1.35. The van der Waals surface area contributed by atoms with Crippen molar-refractivity contribution >= 4 is 0 Å². The highest BCUT2D eigenvalue weighted by Gasteiger charge is 2.29. The van der Waals surface area contributed by atoms with Gasteiger partial charge in [-0.15, -0.1) is 0 Å². The number of hydrogen-bond donors (Lipinski definition) is 1. The molecule has 1 saturated heterocycles. The lowest BCUT2D eigenvalue weighted by Gasteiger charge is -2.32. The molecule has 3 atom stereocenters. The maximum atomic E-state index is 5.99. The van der Waals surface area contributed by atoms with Crippen molar-refractivity contribution in [3.8, 4) is 0 Å². The number of hydrogen-bond acceptors (Lipinski definition) is 2. The second-order valence-electron chi connectivity index (χ2n) is 5.39. The molecule has 2 rings (SSSR count). The van der Waals surface area contributed by atoms with Gasteiger partial charge in [-0.3, -0.25) is 4.90 Å². The van der Waals surface area contributed by atoms with Crippen LogP contribution in [0.2, 0.25) is 0 Å². The van der Waals surface area contributed by atoms with Crippen LogP contribution >= 0.6 is 0 Å². The van der Waals surface area contributed by atoms with E-state index in [0.717, 1.165) is 12.5 Å². The Morgan fingerprint density at radius 1 is 1.35 bits per heavy atom. The maximum Gasteiger partial charge on any atom is 0.0284 e. The van der Waals surface area contributed by atoms with E-state index in [1.807, 2.05) is 0 Å². The Bertz CT molecular complexity index is 336. The van der Waals surface area contributed by atoms with Gasteiger partial charge < -0.3 is 5.73 Å². The predicted molar refractivity (Wildman–Crippen MR) is 73.1 cm³/mol. The molecule has 2 nitrogen and oxygen atoms in total. The number of nitrogens with two attached hydrogens (primary N) is 1. The van der Waals surface area contributed by atoms with Gasteiger partial charge in [0.15, 0.2) is 0 Å². The second-order valence-corrected chi connectivity index (χ2v) is 5.39. The van der Waals surface area contributed by atoms with Crippen LogP contribution in [0.15, 0.2) is 30.3 Å². The van der Waals surface area contributed by atoms with Crippen LogP contribution in [-0.4, -0.2) is 30.6 Å². The van der Waals surface area contributed by atoms with Crippen molar-refractivity contribution in [3.63, 3.8) is 0 Å². The molecule has 1 aromatic rings. The van der Waals surface area contributed by atoms with E-state index in [-0.39, 0.29) is 0 Å². The summed E-state index contributed by atoms with van der Waals surface area (Å²) in [5.41, 5.74) is 7.40. The molecular formula is C15H24N2. The number of benzene rings is 1. The molecule has 3 unspecified atom stereocenters. The van der Waals surface area contributed by atoms with Crippen LogP contribution in [0.4, 0.5) is 0 Å². The number of likely N-dealkylation sites (tertiary alicyclic amines) is 1. The quantitative estimate of drug-likeness (QED) is 0.864. The molecule has 1 aliphatic heterocycles. The Balaban J connectivity index is 2.08. The van der Waals surface area contributed by atoms with Gasteiger partial charge in [-0.05, 0) is 30.4 Å². The van der Waals surface area contributed by atoms with Gasteiger partial charge in [0.2, 0.25) is 0 Å². The average molecular weight is 232 g/mol. The monoisotopic (exact) mass is 232 g/mol. The lowest BCUT2D eigenvalue weighted by atomic mass is 9.92. The summed E-state index contributed by atoms with van der Waals surface area (Å²) < 4.78 is 0. The van der Waals surface area contributed by atoms with Gasteiger partial charge in [-0.2, -0.15) is 0 Å². The maximum absolute atomic E-state index is 5.99. The van der Waals surface area contributed by atoms with Crippen molar-refractivity contribution in [2.24, 2.45) is 11.7 Å². The van der Waals surface area contributed by atoms with E-state index in [4.69, 9.17) is 5.73 Å². The van der Waals surface area contributed by atoms with Gasteiger partial charge in [0, 0.05) is 19.1 Å². The largest absolute Gasteiger partial charge is 0.329 e. The average Bonchev–Trinajstić information content (AvgIpc) is 2.78. The van der Waals surface area contributed by atoms with Gasteiger partial charge in [0.05, 0.1) is 0 Å². The minimum absolute atomic E-state index is 0.488. The van der Waals surface area contributed by atoms with E-state index in [0.29, 0.717) is 12.0 Å². The molecule has 0 bridgehead atoms. The lowest BCUT2D eigenvalue weighted by molar-refractivity contribution is 0.215. The predicted octanol–water partition coefficient (Wildman–Crippen LogP) is 2.46. The molecule has 0 spiro atoms. The molecule has 0 amide bonds. The molecular weight excluding hydrogens is 208 g/mol. The van der Waals surface area contributed by atoms with E-state index in [9.17, 15) is 0 Å². The topological polar surface area (TPSA) is 29.3 Å². The molecule has 94 valence electrons. The summed E-state index contributed by atoms with van der Waals surface area (Å²) in [6, 6.07) is 11.2. The van der Waals surface area contributed by atoms with Crippen LogP contribution in [0.5, 0.6) is 0 Å². The van der Waals surface area contributed by atoms with E-state index in [1.54, 1.807) is 0 Å². The molecule has 0 saturated carbocycles. The first-order valence-electron chi connectivity index (χ1n) is 6.71. The summed E-state index contributed by atoms with van der Waals surface area (Å²) in [5, 5.41) is 0. The molecule has 0 aromatic heterocycles. The van der Waals surface area contributed by atoms with Crippen LogP contribution in [-0.2, 0) is 0 Å². The summed E-state index contributed by atoms with van der Waals surface area (Å²) in [6.07, 6.45) is 1.32. The standard InChI is InChI=1S/C15H24N2/c1-12-8-9-17(11-12)15(10-16)13(2)14-6-4-3-5-7-14/h3-7,12-13,15H,8-11,16H2,1-2H3. The van der Waals surface area contributed by atoms with Gasteiger partial charge >= 0.3 is 0 Å². The third-order valence-electron chi connectivity index (χ3n) is 4.07. The van der Waals surface area contributed by atoms with Crippen molar-refractivity contribution < 1.29 is 0 Å². The summed E-state index contributed by atoms with van der Waals surface area (Å²) >= 11 is 0. The molecule has 0 radical (unpaired) electrons. The highest BCUT2D eigenvalue weighted by atomic mass is 15.2. The van der Waals surface area contributed by atoms with Crippen molar-refractivity contribution in [1.29, 1.82) is 0 Å². The van der Waals surface area contributed by atoms with Crippen molar-refractivity contribution in [2.45, 2.75) is 32.2 Å². The van der Waals surface area contributed by atoms with Crippen LogP contribution in [0.3, 0.4) is 0 Å². The van der Waals surface area contributed by atoms with Crippen molar-refractivity contribution in [2.75, 3.05) is 19.6 Å². The number of rotatable bonds is 4. The molecule has 1 fully saturated rings. The molecule has 2 N–H and O–H groups in total. The minimum Gasteiger partial charge on any atom is -0.329 e.